The highest BCUT2D eigenvalue weighted by Crippen LogP contribution is 2.24. The Labute approximate surface area is 177 Å². The van der Waals surface area contributed by atoms with Crippen molar-refractivity contribution in [3.05, 3.63) is 88.8 Å². The fraction of sp³-hybridized carbons (Fsp3) is 0.269. The molecule has 4 nitrogen and oxygen atoms in total. The van der Waals surface area contributed by atoms with Gasteiger partial charge in [-0.25, -0.2) is 0 Å². The summed E-state index contributed by atoms with van der Waals surface area (Å²) in [6.45, 7) is 7.18. The number of nitrogens with one attached hydrogen (secondary N) is 1. The van der Waals surface area contributed by atoms with Crippen molar-refractivity contribution in [3.8, 4) is 0 Å². The van der Waals surface area contributed by atoms with Crippen molar-refractivity contribution in [3.63, 3.8) is 0 Å². The molecule has 30 heavy (non-hydrogen) atoms. The van der Waals surface area contributed by atoms with Crippen LogP contribution in [0.2, 0.25) is 0 Å². The van der Waals surface area contributed by atoms with Crippen molar-refractivity contribution in [2.75, 3.05) is 13.7 Å². The van der Waals surface area contributed by atoms with Crippen LogP contribution in [-0.4, -0.2) is 18.2 Å². The minimum Gasteiger partial charge on any atom is -0.399 e. The lowest BCUT2D eigenvalue weighted by atomic mass is 10.0. The van der Waals surface area contributed by atoms with E-state index in [4.69, 9.17) is 4.84 Å². The van der Waals surface area contributed by atoms with Gasteiger partial charge in [-0.3, -0.25) is 0 Å². The maximum absolute atomic E-state index is 5.21. The number of nitrogens with zero attached hydrogens (tertiary/aromatic N) is 2. The average molecular weight is 400 g/mol. The molecule has 0 saturated carbocycles. The summed E-state index contributed by atoms with van der Waals surface area (Å²) in [6.07, 6.45) is 1.05. The first-order valence-corrected chi connectivity index (χ1v) is 10.5. The summed E-state index contributed by atoms with van der Waals surface area (Å²) >= 11 is 0. The van der Waals surface area contributed by atoms with E-state index in [1.165, 1.54) is 27.7 Å². The molecule has 1 aromatic heterocycles. The van der Waals surface area contributed by atoms with Crippen molar-refractivity contribution in [2.24, 2.45) is 5.16 Å². The number of hydrogen-bond donors (Lipinski definition) is 1. The van der Waals surface area contributed by atoms with Gasteiger partial charge in [0.05, 0.1) is 11.0 Å². The van der Waals surface area contributed by atoms with Gasteiger partial charge in [0.25, 0.3) is 0 Å². The maximum atomic E-state index is 5.21. The molecule has 4 heteroatoms. The summed E-state index contributed by atoms with van der Waals surface area (Å²) in [4.78, 5) is 5.21. The van der Waals surface area contributed by atoms with Gasteiger partial charge < -0.3 is 14.7 Å². The van der Waals surface area contributed by atoms with Gasteiger partial charge in [0, 0.05) is 23.9 Å². The summed E-state index contributed by atoms with van der Waals surface area (Å²) in [6, 6.07) is 23.4. The Morgan fingerprint density at radius 1 is 0.900 bits per heavy atom. The summed E-state index contributed by atoms with van der Waals surface area (Å²) in [5.41, 5.74) is 6.34. The van der Waals surface area contributed by atoms with Crippen LogP contribution in [0.15, 0.2) is 71.9 Å². The van der Waals surface area contributed by atoms with E-state index in [0.717, 1.165) is 42.2 Å². The summed E-state index contributed by atoms with van der Waals surface area (Å²) < 4.78 is 2.45. The Hall–Kier alpha value is -3.11. The van der Waals surface area contributed by atoms with Gasteiger partial charge in [0.2, 0.25) is 0 Å². The molecule has 0 bridgehead atoms. The topological polar surface area (TPSA) is 38.5 Å². The number of aryl methyl sites for hydroxylation is 3. The van der Waals surface area contributed by atoms with Crippen LogP contribution in [0.25, 0.3) is 21.8 Å². The highest BCUT2D eigenvalue weighted by atomic mass is 16.6. The Balaban J connectivity index is 1.70. The lowest BCUT2D eigenvalue weighted by Gasteiger charge is -2.19. The first-order chi connectivity index (χ1) is 14.7. The second kappa shape index (κ2) is 9.14. The number of benzene rings is 3. The third kappa shape index (κ3) is 3.96. The van der Waals surface area contributed by atoms with Crippen LogP contribution in [0.1, 0.15) is 23.1 Å². The average Bonchev–Trinajstić information content (AvgIpc) is 2.78. The molecule has 1 heterocycles. The zero-order valence-electron chi connectivity index (χ0n) is 18.0. The minimum absolute atomic E-state index is 0.900. The fourth-order valence-corrected chi connectivity index (χ4v) is 4.13. The Kier molecular flexibility index (Phi) is 6.15. The van der Waals surface area contributed by atoms with Gasteiger partial charge >= 0.3 is 0 Å². The second-order valence-electron chi connectivity index (χ2n) is 7.71. The van der Waals surface area contributed by atoms with E-state index >= 15 is 0 Å². The number of aromatic nitrogens is 1. The van der Waals surface area contributed by atoms with Gasteiger partial charge in [-0.05, 0) is 49.6 Å². The summed E-state index contributed by atoms with van der Waals surface area (Å²) in [5, 5.41) is 11.1. The van der Waals surface area contributed by atoms with Crippen molar-refractivity contribution in [2.45, 2.75) is 33.4 Å². The molecule has 0 radical (unpaired) electrons. The Bertz CT molecular complexity index is 1230. The fourth-order valence-electron chi connectivity index (χ4n) is 4.13. The first-order valence-electron chi connectivity index (χ1n) is 10.5. The van der Waals surface area contributed by atoms with E-state index in [1.54, 1.807) is 7.11 Å². The van der Waals surface area contributed by atoms with Crippen LogP contribution in [0, 0.1) is 13.8 Å². The van der Waals surface area contributed by atoms with Crippen molar-refractivity contribution < 1.29 is 4.84 Å². The van der Waals surface area contributed by atoms with Crippen molar-refractivity contribution in [1.29, 1.82) is 0 Å². The SMILES string of the molecule is CON=c1c2ccccc2n(CCCNCc2ccccc2)c2c(C)c(C)ccc12. The van der Waals surface area contributed by atoms with Gasteiger partial charge in [0.1, 0.15) is 12.5 Å². The van der Waals surface area contributed by atoms with Crippen LogP contribution in [0.4, 0.5) is 0 Å². The Morgan fingerprint density at radius 3 is 2.47 bits per heavy atom. The van der Waals surface area contributed by atoms with Gasteiger partial charge in [-0.1, -0.05) is 65.8 Å². The molecular formula is C26H29N3O. The molecule has 0 aliphatic carbocycles. The molecule has 0 amide bonds. The third-order valence-corrected chi connectivity index (χ3v) is 5.77. The molecule has 0 atom stereocenters. The van der Waals surface area contributed by atoms with E-state index in [0.29, 0.717) is 0 Å². The third-order valence-electron chi connectivity index (χ3n) is 5.77. The predicted molar refractivity (Wildman–Crippen MR) is 124 cm³/mol. The van der Waals surface area contributed by atoms with Crippen LogP contribution in [-0.2, 0) is 17.9 Å². The molecule has 0 fully saturated rings. The molecule has 0 aliphatic heterocycles. The number of para-hydroxylation sites is 1. The van der Waals surface area contributed by atoms with Crippen molar-refractivity contribution in [1.82, 2.24) is 9.88 Å². The number of rotatable bonds is 7. The largest absolute Gasteiger partial charge is 0.399 e. The van der Waals surface area contributed by atoms with Crippen LogP contribution in [0.5, 0.6) is 0 Å². The first kappa shape index (κ1) is 20.2. The Morgan fingerprint density at radius 2 is 1.67 bits per heavy atom. The number of fused-ring (bicyclic) bond motifs is 2. The minimum atomic E-state index is 0.900. The molecule has 154 valence electrons. The lowest BCUT2D eigenvalue weighted by molar-refractivity contribution is 0.202. The molecule has 4 aromatic rings. The highest BCUT2D eigenvalue weighted by molar-refractivity contribution is 5.95. The summed E-state index contributed by atoms with van der Waals surface area (Å²) in [5.74, 6) is 0. The van der Waals surface area contributed by atoms with E-state index < -0.39 is 0 Å². The number of pyridine rings is 1. The van der Waals surface area contributed by atoms with Gasteiger partial charge in [0.15, 0.2) is 0 Å². The maximum Gasteiger partial charge on any atom is 0.121 e. The standard InChI is InChI=1S/C26H29N3O/c1-19-14-15-23-25(28-30-3)22-12-7-8-13-24(22)29(26(23)20(19)2)17-9-16-27-18-21-10-5-4-6-11-21/h4-8,10-15,27H,9,16-18H2,1-3H3. The molecule has 4 rings (SSSR count). The predicted octanol–water partition coefficient (Wildman–Crippen LogP) is 5.05. The molecule has 0 unspecified atom stereocenters. The smallest absolute Gasteiger partial charge is 0.121 e. The van der Waals surface area contributed by atoms with Crippen molar-refractivity contribution >= 4 is 21.8 Å². The molecule has 1 N–H and O–H groups in total. The monoisotopic (exact) mass is 399 g/mol. The molecule has 0 spiro atoms. The van der Waals surface area contributed by atoms with Crippen LogP contribution < -0.4 is 10.7 Å². The number of hydrogen-bond acceptors (Lipinski definition) is 3. The van der Waals surface area contributed by atoms with Crippen LogP contribution in [0.3, 0.4) is 0 Å². The normalized spacial score (nSPS) is 12.0. The zero-order chi connectivity index (χ0) is 20.9. The van der Waals surface area contributed by atoms with Gasteiger partial charge in [-0.15, -0.1) is 0 Å². The molecule has 0 aliphatic rings. The van der Waals surface area contributed by atoms with Gasteiger partial charge in [-0.2, -0.15) is 0 Å². The molecule has 3 aromatic carbocycles. The quantitative estimate of drug-likeness (QED) is 0.268. The second-order valence-corrected chi connectivity index (χ2v) is 7.71. The lowest BCUT2D eigenvalue weighted by Crippen LogP contribution is -2.19. The summed E-state index contributed by atoms with van der Waals surface area (Å²) in [7, 11) is 1.61. The van der Waals surface area contributed by atoms with E-state index in [9.17, 15) is 0 Å². The van der Waals surface area contributed by atoms with E-state index in [1.807, 2.05) is 0 Å². The van der Waals surface area contributed by atoms with E-state index in [-0.39, 0.29) is 0 Å². The molecule has 0 saturated heterocycles. The highest BCUT2D eigenvalue weighted by Gasteiger charge is 2.13. The van der Waals surface area contributed by atoms with Crippen LogP contribution >= 0.6 is 0 Å². The van der Waals surface area contributed by atoms with E-state index in [2.05, 4.69) is 95.6 Å². The zero-order valence-corrected chi connectivity index (χ0v) is 18.0. The molecular weight excluding hydrogens is 370 g/mol.